The molecule has 2 fully saturated rings. The number of aryl methyl sites for hydroxylation is 2. The smallest absolute Gasteiger partial charge is 0.303 e. The second-order valence-corrected chi connectivity index (χ2v) is 11.0. The fraction of sp³-hybridized carbons (Fsp3) is 0.607. The SMILES string of the molecule is Cc1ccc(NC(=O)[C@@H](CCC(=O)O)Cc2noc([C@H]3C[C@@H](CC(C)C)C3)c2C2CC2)c(C)c1. The van der Waals surface area contributed by atoms with Crippen LogP contribution in [-0.4, -0.2) is 22.1 Å². The molecule has 2 aliphatic carbocycles. The van der Waals surface area contributed by atoms with Gasteiger partial charge in [-0.3, -0.25) is 9.59 Å². The normalized spacial score (nSPS) is 20.7. The van der Waals surface area contributed by atoms with E-state index < -0.39 is 11.9 Å². The summed E-state index contributed by atoms with van der Waals surface area (Å²) in [6.07, 6.45) is 6.49. The van der Waals surface area contributed by atoms with E-state index in [0.29, 0.717) is 24.2 Å². The molecule has 2 aliphatic rings. The number of carboxylic acid groups (broad SMARTS) is 1. The van der Waals surface area contributed by atoms with Crippen molar-refractivity contribution >= 4 is 17.6 Å². The van der Waals surface area contributed by atoms with Gasteiger partial charge in [-0.1, -0.05) is 36.7 Å². The standard InChI is InChI=1S/C28H38N2O4/c1-16(2)11-19-13-22(14-19)27-26(20-6-7-20)24(30-34-27)15-21(8-10-25(31)32)28(33)29-23-9-5-17(3)12-18(23)4/h5,9,12,16,19-22H,6-8,10-11,13-15H2,1-4H3,(H,29,33)(H,31,32)/t19-,21-,22+/m0/s1. The first-order valence-corrected chi connectivity index (χ1v) is 12.8. The molecule has 1 amide bonds. The molecular weight excluding hydrogens is 428 g/mol. The highest BCUT2D eigenvalue weighted by atomic mass is 16.5. The average molecular weight is 467 g/mol. The van der Waals surface area contributed by atoms with E-state index in [9.17, 15) is 14.7 Å². The molecule has 1 aromatic heterocycles. The summed E-state index contributed by atoms with van der Waals surface area (Å²) < 4.78 is 5.91. The Morgan fingerprint density at radius 2 is 1.91 bits per heavy atom. The summed E-state index contributed by atoms with van der Waals surface area (Å²) in [6, 6.07) is 5.90. The number of aromatic nitrogens is 1. The number of hydrogen-bond acceptors (Lipinski definition) is 4. The van der Waals surface area contributed by atoms with Gasteiger partial charge in [-0.15, -0.1) is 0 Å². The van der Waals surface area contributed by atoms with Crippen LogP contribution in [0.25, 0.3) is 0 Å². The predicted octanol–water partition coefficient (Wildman–Crippen LogP) is 6.37. The van der Waals surface area contributed by atoms with E-state index in [1.54, 1.807) is 0 Å². The molecule has 1 aromatic carbocycles. The molecular formula is C28H38N2O4. The highest BCUT2D eigenvalue weighted by Gasteiger charge is 2.40. The van der Waals surface area contributed by atoms with Gasteiger partial charge in [0.15, 0.2) is 0 Å². The topological polar surface area (TPSA) is 92.4 Å². The summed E-state index contributed by atoms with van der Waals surface area (Å²) >= 11 is 0. The minimum Gasteiger partial charge on any atom is -0.481 e. The molecule has 2 aromatic rings. The van der Waals surface area contributed by atoms with Gasteiger partial charge in [-0.05, 0) is 81.8 Å². The number of aliphatic carboxylic acids is 1. The fourth-order valence-corrected chi connectivity index (χ4v) is 5.45. The van der Waals surface area contributed by atoms with Crippen LogP contribution in [0.1, 0.15) is 98.8 Å². The highest BCUT2D eigenvalue weighted by molar-refractivity contribution is 5.93. The second-order valence-electron chi connectivity index (χ2n) is 11.0. The average Bonchev–Trinajstić information content (AvgIpc) is 3.49. The molecule has 6 heteroatoms. The van der Waals surface area contributed by atoms with E-state index in [2.05, 4.69) is 24.3 Å². The van der Waals surface area contributed by atoms with Gasteiger partial charge < -0.3 is 14.9 Å². The number of rotatable bonds is 11. The maximum atomic E-state index is 13.3. The van der Waals surface area contributed by atoms with Crippen molar-refractivity contribution in [3.8, 4) is 0 Å². The van der Waals surface area contributed by atoms with E-state index >= 15 is 0 Å². The summed E-state index contributed by atoms with van der Waals surface area (Å²) in [5.41, 5.74) is 4.97. The minimum absolute atomic E-state index is 0.0477. The Bertz CT molecular complexity index is 1030. The molecule has 0 spiro atoms. The maximum Gasteiger partial charge on any atom is 0.303 e. The van der Waals surface area contributed by atoms with Crippen molar-refractivity contribution in [2.75, 3.05) is 5.32 Å². The molecule has 2 saturated carbocycles. The largest absolute Gasteiger partial charge is 0.481 e. The van der Waals surface area contributed by atoms with Gasteiger partial charge in [0.05, 0.1) is 5.69 Å². The zero-order valence-corrected chi connectivity index (χ0v) is 20.9. The first-order valence-electron chi connectivity index (χ1n) is 12.8. The number of anilines is 1. The number of hydrogen-bond donors (Lipinski definition) is 2. The number of amides is 1. The number of carboxylic acids is 1. The van der Waals surface area contributed by atoms with Gasteiger partial charge in [0.1, 0.15) is 5.76 Å². The lowest BCUT2D eigenvalue weighted by Crippen LogP contribution is -2.26. The van der Waals surface area contributed by atoms with Gasteiger partial charge in [0.2, 0.25) is 5.91 Å². The van der Waals surface area contributed by atoms with Crippen molar-refractivity contribution in [3.05, 3.63) is 46.3 Å². The number of carbonyl (C=O) groups excluding carboxylic acids is 1. The van der Waals surface area contributed by atoms with Gasteiger partial charge in [-0.25, -0.2) is 0 Å². The number of carbonyl (C=O) groups is 2. The maximum absolute atomic E-state index is 13.3. The zero-order chi connectivity index (χ0) is 24.4. The minimum atomic E-state index is -0.891. The first-order chi connectivity index (χ1) is 16.2. The van der Waals surface area contributed by atoms with Crippen molar-refractivity contribution < 1.29 is 19.2 Å². The molecule has 0 aliphatic heterocycles. The van der Waals surface area contributed by atoms with Crippen LogP contribution < -0.4 is 5.32 Å². The Morgan fingerprint density at radius 3 is 2.53 bits per heavy atom. The molecule has 0 unspecified atom stereocenters. The Labute approximate surface area is 202 Å². The van der Waals surface area contributed by atoms with Crippen molar-refractivity contribution in [1.29, 1.82) is 0 Å². The summed E-state index contributed by atoms with van der Waals surface area (Å²) in [6.45, 7) is 8.53. The third kappa shape index (κ3) is 5.89. The van der Waals surface area contributed by atoms with Crippen LogP contribution in [0.15, 0.2) is 22.7 Å². The summed E-state index contributed by atoms with van der Waals surface area (Å²) in [5, 5.41) is 16.7. The van der Waals surface area contributed by atoms with E-state index in [1.165, 1.54) is 12.0 Å². The third-order valence-electron chi connectivity index (χ3n) is 7.38. The number of benzene rings is 1. The zero-order valence-electron chi connectivity index (χ0n) is 20.9. The lowest BCUT2D eigenvalue weighted by Gasteiger charge is -2.35. The number of nitrogens with zero attached hydrogens (tertiary/aromatic N) is 1. The van der Waals surface area contributed by atoms with Crippen molar-refractivity contribution in [1.82, 2.24) is 5.16 Å². The highest BCUT2D eigenvalue weighted by Crippen LogP contribution is 2.51. The molecule has 0 bridgehead atoms. The van der Waals surface area contributed by atoms with E-state index in [-0.39, 0.29) is 18.7 Å². The summed E-state index contributed by atoms with van der Waals surface area (Å²) in [7, 11) is 0. The molecule has 1 heterocycles. The molecule has 1 atom stereocenters. The van der Waals surface area contributed by atoms with Crippen LogP contribution in [0, 0.1) is 31.6 Å². The monoisotopic (exact) mass is 466 g/mol. The number of nitrogens with one attached hydrogen (secondary N) is 1. The molecule has 34 heavy (non-hydrogen) atoms. The molecule has 2 N–H and O–H groups in total. The third-order valence-corrected chi connectivity index (χ3v) is 7.38. The van der Waals surface area contributed by atoms with Gasteiger partial charge in [0, 0.05) is 35.9 Å². The van der Waals surface area contributed by atoms with Crippen LogP contribution in [-0.2, 0) is 16.0 Å². The van der Waals surface area contributed by atoms with Crippen LogP contribution in [0.3, 0.4) is 0 Å². The van der Waals surface area contributed by atoms with Gasteiger partial charge in [-0.2, -0.15) is 0 Å². The van der Waals surface area contributed by atoms with E-state index in [4.69, 9.17) is 4.52 Å². The first kappa shape index (κ1) is 24.5. The molecule has 184 valence electrons. The Kier molecular flexibility index (Phi) is 7.44. The quantitative estimate of drug-likeness (QED) is 0.401. The molecule has 6 nitrogen and oxygen atoms in total. The van der Waals surface area contributed by atoms with Crippen LogP contribution in [0.5, 0.6) is 0 Å². The van der Waals surface area contributed by atoms with Crippen molar-refractivity contribution in [3.63, 3.8) is 0 Å². The molecule has 4 rings (SSSR count). The Morgan fingerprint density at radius 1 is 1.18 bits per heavy atom. The molecule has 0 saturated heterocycles. The van der Waals surface area contributed by atoms with Gasteiger partial charge >= 0.3 is 5.97 Å². The van der Waals surface area contributed by atoms with E-state index in [1.807, 2.05) is 32.0 Å². The van der Waals surface area contributed by atoms with E-state index in [0.717, 1.165) is 59.9 Å². The predicted molar refractivity (Wildman–Crippen MR) is 132 cm³/mol. The summed E-state index contributed by atoms with van der Waals surface area (Å²) in [5.74, 6) is 1.90. The Hall–Kier alpha value is -2.63. The van der Waals surface area contributed by atoms with Crippen LogP contribution >= 0.6 is 0 Å². The van der Waals surface area contributed by atoms with Crippen molar-refractivity contribution in [2.24, 2.45) is 17.8 Å². The lowest BCUT2D eigenvalue weighted by atomic mass is 9.69. The van der Waals surface area contributed by atoms with Crippen LogP contribution in [0.2, 0.25) is 0 Å². The van der Waals surface area contributed by atoms with Crippen molar-refractivity contribution in [2.45, 2.75) is 90.9 Å². The lowest BCUT2D eigenvalue weighted by molar-refractivity contribution is -0.137. The fourth-order valence-electron chi connectivity index (χ4n) is 5.45. The molecule has 0 radical (unpaired) electrons. The second kappa shape index (κ2) is 10.3. The van der Waals surface area contributed by atoms with Crippen LogP contribution in [0.4, 0.5) is 5.69 Å². The Balaban J connectivity index is 1.50. The summed E-state index contributed by atoms with van der Waals surface area (Å²) in [4.78, 5) is 24.5. The van der Waals surface area contributed by atoms with Gasteiger partial charge in [0.25, 0.3) is 0 Å².